The number of ether oxygens (including phenoxy) is 1. The van der Waals surface area contributed by atoms with E-state index in [0.29, 0.717) is 0 Å². The summed E-state index contributed by atoms with van der Waals surface area (Å²) in [7, 11) is 0. The largest absolute Gasteiger partial charge is 0.457 e. The summed E-state index contributed by atoms with van der Waals surface area (Å²) in [5.41, 5.74) is 7.80. The molecule has 0 aliphatic carbocycles. The van der Waals surface area contributed by atoms with E-state index in [4.69, 9.17) is 4.74 Å². The average Bonchev–Trinajstić information content (AvgIpc) is 3.01. The van der Waals surface area contributed by atoms with E-state index < -0.39 is 0 Å². The summed E-state index contributed by atoms with van der Waals surface area (Å²) in [6, 6.07) is 12.4. The van der Waals surface area contributed by atoms with Crippen LogP contribution in [0, 0.1) is 13.8 Å². The van der Waals surface area contributed by atoms with Crippen molar-refractivity contribution in [2.75, 3.05) is 0 Å². The first-order chi connectivity index (χ1) is 10.7. The molecule has 0 bridgehead atoms. The quantitative estimate of drug-likeness (QED) is 0.609. The summed E-state index contributed by atoms with van der Waals surface area (Å²) in [5.74, 6) is 1.75. The van der Waals surface area contributed by atoms with Gasteiger partial charge in [0.15, 0.2) is 0 Å². The average molecular weight is 309 g/mol. The minimum absolute atomic E-state index is 0.873. The van der Waals surface area contributed by atoms with Gasteiger partial charge < -0.3 is 4.74 Å². The fourth-order valence-electron chi connectivity index (χ4n) is 2.65. The van der Waals surface area contributed by atoms with Crippen molar-refractivity contribution in [3.05, 3.63) is 64.0 Å². The zero-order chi connectivity index (χ0) is 15.5. The van der Waals surface area contributed by atoms with Crippen molar-refractivity contribution >= 4 is 11.3 Å². The van der Waals surface area contributed by atoms with E-state index in [9.17, 15) is 0 Å². The van der Waals surface area contributed by atoms with Crippen LogP contribution in [-0.4, -0.2) is 4.98 Å². The summed E-state index contributed by atoms with van der Waals surface area (Å²) in [6.07, 6.45) is 1.04. The van der Waals surface area contributed by atoms with Crippen LogP contribution in [0.4, 0.5) is 0 Å². The molecule has 22 heavy (non-hydrogen) atoms. The maximum atomic E-state index is 5.99. The van der Waals surface area contributed by atoms with Gasteiger partial charge in [-0.2, -0.15) is 0 Å². The Morgan fingerprint density at radius 3 is 2.23 bits per heavy atom. The van der Waals surface area contributed by atoms with E-state index >= 15 is 0 Å². The van der Waals surface area contributed by atoms with E-state index in [1.54, 1.807) is 11.3 Å². The van der Waals surface area contributed by atoms with Crippen molar-refractivity contribution in [2.45, 2.75) is 27.2 Å². The second-order valence-corrected chi connectivity index (χ2v) is 6.12. The minimum atomic E-state index is 0.873. The fourth-order valence-corrected chi connectivity index (χ4v) is 3.19. The van der Waals surface area contributed by atoms with Gasteiger partial charge in [0.25, 0.3) is 0 Å². The van der Waals surface area contributed by atoms with Crippen molar-refractivity contribution in [1.82, 2.24) is 4.98 Å². The highest BCUT2D eigenvalue weighted by atomic mass is 32.1. The molecule has 0 aliphatic heterocycles. The normalized spacial score (nSPS) is 10.7. The van der Waals surface area contributed by atoms with E-state index in [2.05, 4.69) is 55.4 Å². The molecule has 3 aromatic rings. The molecule has 1 heterocycles. The molecule has 2 nitrogen and oxygen atoms in total. The van der Waals surface area contributed by atoms with Crippen LogP contribution in [0.3, 0.4) is 0 Å². The van der Waals surface area contributed by atoms with Crippen LogP contribution >= 0.6 is 11.3 Å². The maximum Gasteiger partial charge on any atom is 0.128 e. The van der Waals surface area contributed by atoms with Crippen molar-refractivity contribution in [3.63, 3.8) is 0 Å². The molecule has 0 radical (unpaired) electrons. The SMILES string of the molecule is CCc1ccc(Oc2cc(C)c(-c3cscn3)c(C)c2)cc1. The first-order valence-electron chi connectivity index (χ1n) is 7.44. The monoisotopic (exact) mass is 309 g/mol. The number of benzene rings is 2. The second-order valence-electron chi connectivity index (χ2n) is 5.41. The highest BCUT2D eigenvalue weighted by Crippen LogP contribution is 2.32. The molecular weight excluding hydrogens is 290 g/mol. The van der Waals surface area contributed by atoms with Gasteiger partial charge >= 0.3 is 0 Å². The third-order valence-corrected chi connectivity index (χ3v) is 4.35. The summed E-state index contributed by atoms with van der Waals surface area (Å²) >= 11 is 1.62. The molecule has 0 aliphatic rings. The second kappa shape index (κ2) is 6.32. The number of aromatic nitrogens is 1. The number of rotatable bonds is 4. The van der Waals surface area contributed by atoms with Gasteiger partial charge in [0.2, 0.25) is 0 Å². The van der Waals surface area contributed by atoms with Crippen molar-refractivity contribution in [3.8, 4) is 22.8 Å². The van der Waals surface area contributed by atoms with Crippen molar-refractivity contribution in [1.29, 1.82) is 0 Å². The molecule has 0 fully saturated rings. The predicted molar refractivity (Wildman–Crippen MR) is 92.9 cm³/mol. The van der Waals surface area contributed by atoms with Gasteiger partial charge in [0.1, 0.15) is 11.5 Å². The Morgan fingerprint density at radius 2 is 1.68 bits per heavy atom. The number of hydrogen-bond donors (Lipinski definition) is 0. The van der Waals surface area contributed by atoms with Crippen LogP contribution in [0.1, 0.15) is 23.6 Å². The number of nitrogens with zero attached hydrogens (tertiary/aromatic N) is 1. The minimum Gasteiger partial charge on any atom is -0.457 e. The van der Waals surface area contributed by atoms with Crippen LogP contribution in [0.2, 0.25) is 0 Å². The molecule has 3 rings (SSSR count). The molecule has 0 amide bonds. The molecule has 0 spiro atoms. The van der Waals surface area contributed by atoms with Crippen molar-refractivity contribution in [2.24, 2.45) is 0 Å². The third kappa shape index (κ3) is 3.04. The highest BCUT2D eigenvalue weighted by Gasteiger charge is 2.10. The Bertz CT molecular complexity index is 738. The van der Waals surface area contributed by atoms with Gasteiger partial charge in [-0.3, -0.25) is 0 Å². The van der Waals surface area contributed by atoms with E-state index in [0.717, 1.165) is 23.6 Å². The molecule has 112 valence electrons. The zero-order valence-electron chi connectivity index (χ0n) is 13.1. The molecule has 0 unspecified atom stereocenters. The Hall–Kier alpha value is -2.13. The standard InChI is InChI=1S/C19H19NOS/c1-4-15-5-7-16(8-6-15)21-17-9-13(2)19(14(3)10-17)18-11-22-12-20-18/h5-12H,4H2,1-3H3. The lowest BCUT2D eigenvalue weighted by Crippen LogP contribution is -1.92. The topological polar surface area (TPSA) is 22.1 Å². The first kappa shape index (κ1) is 14.8. The van der Waals surface area contributed by atoms with Gasteiger partial charge in [-0.1, -0.05) is 19.1 Å². The van der Waals surface area contributed by atoms with Gasteiger partial charge in [0.05, 0.1) is 11.2 Å². The smallest absolute Gasteiger partial charge is 0.128 e. The Kier molecular flexibility index (Phi) is 4.25. The number of thiazole rings is 1. The maximum absolute atomic E-state index is 5.99. The zero-order valence-corrected chi connectivity index (χ0v) is 13.9. The summed E-state index contributed by atoms with van der Waals surface area (Å²) in [6.45, 7) is 6.36. The summed E-state index contributed by atoms with van der Waals surface area (Å²) in [5, 5.41) is 2.08. The van der Waals surface area contributed by atoms with Gasteiger partial charge in [0, 0.05) is 10.9 Å². The van der Waals surface area contributed by atoms with Crippen LogP contribution in [-0.2, 0) is 6.42 Å². The van der Waals surface area contributed by atoms with Crippen molar-refractivity contribution < 1.29 is 4.74 Å². The highest BCUT2D eigenvalue weighted by molar-refractivity contribution is 7.07. The van der Waals surface area contributed by atoms with Crippen LogP contribution in [0.15, 0.2) is 47.3 Å². The Morgan fingerprint density at radius 1 is 1.00 bits per heavy atom. The molecular formula is C19H19NOS. The Labute approximate surface area is 135 Å². The van der Waals surface area contributed by atoms with Crippen LogP contribution in [0.25, 0.3) is 11.3 Å². The van der Waals surface area contributed by atoms with E-state index in [1.165, 1.54) is 22.3 Å². The molecule has 0 N–H and O–H groups in total. The number of aryl methyl sites for hydroxylation is 3. The predicted octanol–water partition coefficient (Wildman–Crippen LogP) is 5.78. The van der Waals surface area contributed by atoms with Gasteiger partial charge in [-0.15, -0.1) is 11.3 Å². The van der Waals surface area contributed by atoms with Crippen LogP contribution in [0.5, 0.6) is 11.5 Å². The lowest BCUT2D eigenvalue weighted by atomic mass is 10.0. The fraction of sp³-hybridized carbons (Fsp3) is 0.211. The van der Waals surface area contributed by atoms with E-state index in [1.807, 2.05) is 17.6 Å². The third-order valence-electron chi connectivity index (χ3n) is 3.76. The van der Waals surface area contributed by atoms with Crippen LogP contribution < -0.4 is 4.74 Å². The molecule has 2 aromatic carbocycles. The molecule has 0 saturated heterocycles. The molecule has 0 saturated carbocycles. The van der Waals surface area contributed by atoms with Gasteiger partial charge in [-0.05, 0) is 61.2 Å². The number of hydrogen-bond acceptors (Lipinski definition) is 3. The molecule has 0 atom stereocenters. The lowest BCUT2D eigenvalue weighted by molar-refractivity contribution is 0.482. The summed E-state index contributed by atoms with van der Waals surface area (Å²) in [4.78, 5) is 4.42. The summed E-state index contributed by atoms with van der Waals surface area (Å²) < 4.78 is 5.99. The molecule has 3 heteroatoms. The molecule has 1 aromatic heterocycles. The Balaban J connectivity index is 1.89. The first-order valence-corrected chi connectivity index (χ1v) is 8.38. The lowest BCUT2D eigenvalue weighted by Gasteiger charge is -2.12. The van der Waals surface area contributed by atoms with Gasteiger partial charge in [-0.25, -0.2) is 4.98 Å². The van der Waals surface area contributed by atoms with E-state index in [-0.39, 0.29) is 0 Å².